The molecule has 27 heavy (non-hydrogen) atoms. The number of ketones is 1. The second kappa shape index (κ2) is 5.67. The van der Waals surface area contributed by atoms with Gasteiger partial charge >= 0.3 is 5.97 Å². The van der Waals surface area contributed by atoms with Crippen LogP contribution in [0.15, 0.2) is 23.5 Å². The Morgan fingerprint density at radius 3 is 2.67 bits per heavy atom. The second-order valence-corrected chi connectivity index (χ2v) is 9.21. The van der Waals surface area contributed by atoms with E-state index in [4.69, 9.17) is 4.74 Å². The van der Waals surface area contributed by atoms with Crippen LogP contribution in [0.4, 0.5) is 0 Å². The number of methoxy groups -OCH3 is 1. The minimum atomic E-state index is -1.62. The Bertz CT molecular complexity index is 769. The zero-order chi connectivity index (χ0) is 19.8. The van der Waals surface area contributed by atoms with Gasteiger partial charge in [-0.2, -0.15) is 0 Å². The number of rotatable bonds is 1. The van der Waals surface area contributed by atoms with E-state index in [0.29, 0.717) is 31.3 Å². The third-order valence-corrected chi connectivity index (χ3v) is 8.19. The topological polar surface area (TPSA) is 104 Å². The molecule has 0 radical (unpaired) electrons. The van der Waals surface area contributed by atoms with Gasteiger partial charge in [0.25, 0.3) is 0 Å². The number of carbonyl (C=O) groups excluding carboxylic acids is 2. The molecule has 0 heterocycles. The number of ether oxygens (including phenoxy) is 1. The Balaban J connectivity index is 1.81. The van der Waals surface area contributed by atoms with E-state index in [2.05, 4.69) is 0 Å². The number of carbonyl (C=O) groups is 2. The smallest absolute Gasteiger partial charge is 0.338 e. The molecule has 148 valence electrons. The average Bonchev–Trinajstić information content (AvgIpc) is 3.01. The van der Waals surface area contributed by atoms with E-state index in [1.165, 1.54) is 7.11 Å². The maximum atomic E-state index is 12.8. The normalized spacial score (nSPS) is 48.7. The van der Waals surface area contributed by atoms with Gasteiger partial charge in [-0.15, -0.1) is 0 Å². The molecule has 0 aromatic heterocycles. The van der Waals surface area contributed by atoms with Gasteiger partial charge in [0.1, 0.15) is 5.76 Å². The van der Waals surface area contributed by atoms with Crippen LogP contribution in [0.2, 0.25) is 0 Å². The highest BCUT2D eigenvalue weighted by Crippen LogP contribution is 2.66. The van der Waals surface area contributed by atoms with Crippen LogP contribution in [0.1, 0.15) is 46.0 Å². The molecule has 0 aromatic rings. The summed E-state index contributed by atoms with van der Waals surface area (Å²) >= 11 is 0. The molecule has 0 bridgehead atoms. The van der Waals surface area contributed by atoms with Crippen molar-refractivity contribution in [2.24, 2.45) is 28.6 Å². The second-order valence-electron chi connectivity index (χ2n) is 9.21. The highest BCUT2D eigenvalue weighted by Gasteiger charge is 2.69. The first-order chi connectivity index (χ1) is 12.6. The zero-order valence-corrected chi connectivity index (χ0v) is 16.1. The summed E-state index contributed by atoms with van der Waals surface area (Å²) in [4.78, 5) is 25.2. The van der Waals surface area contributed by atoms with Crippen molar-refractivity contribution < 1.29 is 29.6 Å². The average molecular weight is 376 g/mol. The summed E-state index contributed by atoms with van der Waals surface area (Å²) in [5, 5.41) is 32.7. The summed E-state index contributed by atoms with van der Waals surface area (Å²) in [6.45, 7) is 3.78. The van der Waals surface area contributed by atoms with E-state index in [0.717, 1.165) is 0 Å². The number of esters is 1. The van der Waals surface area contributed by atoms with Gasteiger partial charge in [-0.05, 0) is 43.6 Å². The SMILES string of the molecule is COC(=O)[C@@]1(O)CC[C@H]2[C@@H]3CCC(=O)C4=C(O)C=C[C@]4(C)[C@H]3[C@@H](O)C[C@@]21C. The summed E-state index contributed by atoms with van der Waals surface area (Å²) in [6, 6.07) is 0. The number of Topliss-reactive ketones (excluding diaryl/α,β-unsaturated/α-hetero) is 1. The lowest BCUT2D eigenvalue weighted by atomic mass is 9.50. The number of fused-ring (bicyclic) bond motifs is 5. The minimum Gasteiger partial charge on any atom is -0.508 e. The van der Waals surface area contributed by atoms with Crippen LogP contribution in [0, 0.1) is 28.6 Å². The number of aliphatic hydroxyl groups excluding tert-OH is 2. The Morgan fingerprint density at radius 2 is 2.00 bits per heavy atom. The number of hydrogen-bond acceptors (Lipinski definition) is 6. The molecular formula is C21H28O6. The van der Waals surface area contributed by atoms with Crippen LogP contribution in [-0.2, 0) is 14.3 Å². The van der Waals surface area contributed by atoms with Gasteiger partial charge in [0.05, 0.1) is 13.2 Å². The summed E-state index contributed by atoms with van der Waals surface area (Å²) < 4.78 is 4.89. The fraction of sp³-hybridized carbons (Fsp3) is 0.714. The van der Waals surface area contributed by atoms with Gasteiger partial charge in [0.2, 0.25) is 0 Å². The summed E-state index contributed by atoms with van der Waals surface area (Å²) in [6.07, 6.45) is 4.69. The first kappa shape index (κ1) is 18.7. The van der Waals surface area contributed by atoms with Crippen molar-refractivity contribution in [3.63, 3.8) is 0 Å². The summed E-state index contributed by atoms with van der Waals surface area (Å²) in [5.41, 5.74) is -2.76. The molecule has 4 aliphatic carbocycles. The Labute approximate surface area is 158 Å². The number of hydrogen-bond donors (Lipinski definition) is 3. The molecule has 0 aliphatic heterocycles. The van der Waals surface area contributed by atoms with Crippen molar-refractivity contribution in [1.82, 2.24) is 0 Å². The lowest BCUT2D eigenvalue weighted by Gasteiger charge is -2.55. The molecule has 4 aliphatic rings. The monoisotopic (exact) mass is 376 g/mol. The Hall–Kier alpha value is -1.66. The lowest BCUT2D eigenvalue weighted by Crippen LogP contribution is -2.60. The van der Waals surface area contributed by atoms with Gasteiger partial charge in [0, 0.05) is 28.7 Å². The van der Waals surface area contributed by atoms with Gasteiger partial charge in [0.15, 0.2) is 11.4 Å². The number of aliphatic hydroxyl groups is 3. The predicted molar refractivity (Wildman–Crippen MR) is 96.5 cm³/mol. The van der Waals surface area contributed by atoms with Gasteiger partial charge < -0.3 is 20.1 Å². The maximum absolute atomic E-state index is 12.8. The van der Waals surface area contributed by atoms with Crippen LogP contribution in [0.25, 0.3) is 0 Å². The first-order valence-electron chi connectivity index (χ1n) is 9.75. The molecule has 7 atom stereocenters. The van der Waals surface area contributed by atoms with E-state index in [1.807, 2.05) is 19.9 Å². The Kier molecular flexibility index (Phi) is 3.93. The Morgan fingerprint density at radius 1 is 1.30 bits per heavy atom. The van der Waals surface area contributed by atoms with Gasteiger partial charge in [-0.25, -0.2) is 4.79 Å². The zero-order valence-electron chi connectivity index (χ0n) is 16.1. The molecule has 0 saturated heterocycles. The highest BCUT2D eigenvalue weighted by atomic mass is 16.5. The van der Waals surface area contributed by atoms with Crippen LogP contribution < -0.4 is 0 Å². The van der Waals surface area contributed by atoms with E-state index < -0.39 is 28.5 Å². The van der Waals surface area contributed by atoms with Crippen molar-refractivity contribution in [3.05, 3.63) is 23.5 Å². The third-order valence-electron chi connectivity index (χ3n) is 8.19. The molecule has 4 rings (SSSR count). The van der Waals surface area contributed by atoms with Crippen molar-refractivity contribution >= 4 is 11.8 Å². The van der Waals surface area contributed by atoms with E-state index in [-0.39, 0.29) is 35.7 Å². The highest BCUT2D eigenvalue weighted by molar-refractivity contribution is 5.99. The first-order valence-corrected chi connectivity index (χ1v) is 9.75. The molecular weight excluding hydrogens is 348 g/mol. The van der Waals surface area contributed by atoms with Crippen LogP contribution in [0.3, 0.4) is 0 Å². The summed E-state index contributed by atoms with van der Waals surface area (Å²) in [5.74, 6) is -0.994. The standard InChI is InChI=1S/C21H28O6/c1-19-8-7-14(23)17(19)13(22)5-4-11-12-6-9-21(26,18(25)27-3)20(12,2)10-15(24)16(11)19/h7-8,11-12,15-16,23-24,26H,4-6,9-10H2,1-3H3/t11-,12-,15-,16+,19+,20-,21-/m0/s1. The predicted octanol–water partition coefficient (Wildman–Crippen LogP) is 2.05. The van der Waals surface area contributed by atoms with Gasteiger partial charge in [-0.3, -0.25) is 4.79 Å². The molecule has 0 spiro atoms. The molecule has 0 amide bonds. The quantitative estimate of drug-likeness (QED) is 0.605. The molecule has 3 fully saturated rings. The summed E-state index contributed by atoms with van der Waals surface area (Å²) in [7, 11) is 1.27. The fourth-order valence-corrected chi connectivity index (χ4v) is 6.95. The van der Waals surface area contributed by atoms with E-state index >= 15 is 0 Å². The van der Waals surface area contributed by atoms with E-state index in [9.17, 15) is 24.9 Å². The van der Waals surface area contributed by atoms with Crippen molar-refractivity contribution in [1.29, 1.82) is 0 Å². The largest absolute Gasteiger partial charge is 0.508 e. The minimum absolute atomic E-state index is 0.00109. The fourth-order valence-electron chi connectivity index (χ4n) is 6.95. The number of allylic oxidation sites excluding steroid dienone is 3. The van der Waals surface area contributed by atoms with E-state index in [1.54, 1.807) is 6.08 Å². The third kappa shape index (κ3) is 2.14. The molecule has 3 N–H and O–H groups in total. The molecule has 3 saturated carbocycles. The van der Waals surface area contributed by atoms with Crippen molar-refractivity contribution in [2.75, 3.05) is 7.11 Å². The molecule has 6 heteroatoms. The molecule has 0 aromatic carbocycles. The van der Waals surface area contributed by atoms with Crippen LogP contribution in [0.5, 0.6) is 0 Å². The molecule has 6 nitrogen and oxygen atoms in total. The lowest BCUT2D eigenvalue weighted by molar-refractivity contribution is -0.192. The maximum Gasteiger partial charge on any atom is 0.338 e. The van der Waals surface area contributed by atoms with Crippen molar-refractivity contribution in [3.8, 4) is 0 Å². The van der Waals surface area contributed by atoms with Gasteiger partial charge in [-0.1, -0.05) is 19.9 Å². The van der Waals surface area contributed by atoms with Crippen molar-refractivity contribution in [2.45, 2.75) is 57.7 Å². The molecule has 0 unspecified atom stereocenters. The van der Waals surface area contributed by atoms with Crippen LogP contribution >= 0.6 is 0 Å². The van der Waals surface area contributed by atoms with Crippen LogP contribution in [-0.4, -0.2) is 45.9 Å².